The lowest BCUT2D eigenvalue weighted by atomic mass is 9.89. The maximum Gasteiger partial charge on any atom is 0.322 e. The number of rotatable bonds is 8. The number of hydrogen-bond donors (Lipinski definition) is 4. The number of nitrogens with zero attached hydrogens (tertiary/aromatic N) is 2. The van der Waals surface area contributed by atoms with Crippen LogP contribution in [0.1, 0.15) is 34.1 Å². The third kappa shape index (κ3) is 5.01. The highest BCUT2D eigenvalue weighted by Crippen LogP contribution is 2.36. The topological polar surface area (TPSA) is 144 Å². The number of para-hydroxylation sites is 1. The van der Waals surface area contributed by atoms with Crippen molar-refractivity contribution >= 4 is 28.7 Å². The summed E-state index contributed by atoms with van der Waals surface area (Å²) in [4.78, 5) is 52.0. The van der Waals surface area contributed by atoms with Crippen molar-refractivity contribution in [2.24, 2.45) is 0 Å². The van der Waals surface area contributed by atoms with Crippen molar-refractivity contribution in [2.75, 3.05) is 6.54 Å². The summed E-state index contributed by atoms with van der Waals surface area (Å²) in [5, 5.41) is 8.82. The van der Waals surface area contributed by atoms with Crippen molar-refractivity contribution in [3.63, 3.8) is 0 Å². The van der Waals surface area contributed by atoms with Crippen LogP contribution in [0, 0.1) is 6.92 Å². The Kier molecular flexibility index (Phi) is 6.79. The first kappa shape index (κ1) is 26.9. The number of carbonyl (C=O) groups is 3. The standard InChI is InChI=1S/C31H28N6O5/c1-19-15-21(24-5-3-4-6-25(24)34-19)17-41-23-9-7-22(8-10-23)31(18-33-27(38)20-11-13-32-14-12-20)16-26(37-42-31)30(2)28(39)35-29(40)36-30/h3-16,37H,17-18H2,1-2H3,(H,33,38)(H2,35,36,39,40). The molecule has 1 saturated heterocycles. The molecule has 212 valence electrons. The highest BCUT2D eigenvalue weighted by molar-refractivity contribution is 6.08. The third-order valence-corrected chi connectivity index (χ3v) is 7.43. The molecule has 2 aromatic carbocycles. The number of ether oxygens (including phenoxy) is 1. The zero-order chi connectivity index (χ0) is 29.3. The molecule has 2 atom stereocenters. The van der Waals surface area contributed by atoms with E-state index in [9.17, 15) is 14.4 Å². The van der Waals surface area contributed by atoms with Gasteiger partial charge in [0.15, 0.2) is 11.1 Å². The first-order chi connectivity index (χ1) is 20.3. The van der Waals surface area contributed by atoms with Gasteiger partial charge in [0, 0.05) is 34.6 Å². The zero-order valence-corrected chi connectivity index (χ0v) is 22.9. The van der Waals surface area contributed by atoms with E-state index in [1.54, 1.807) is 25.1 Å². The largest absolute Gasteiger partial charge is 0.489 e. The number of hydrogen-bond acceptors (Lipinski definition) is 8. The van der Waals surface area contributed by atoms with E-state index in [1.165, 1.54) is 12.4 Å². The van der Waals surface area contributed by atoms with Crippen molar-refractivity contribution < 1.29 is 24.0 Å². The predicted molar refractivity (Wildman–Crippen MR) is 153 cm³/mol. The predicted octanol–water partition coefficient (Wildman–Crippen LogP) is 3.16. The monoisotopic (exact) mass is 564 g/mol. The smallest absolute Gasteiger partial charge is 0.322 e. The molecule has 2 aliphatic rings. The van der Waals surface area contributed by atoms with Gasteiger partial charge in [-0.3, -0.25) is 35.2 Å². The molecule has 2 aromatic heterocycles. The van der Waals surface area contributed by atoms with Crippen LogP contribution >= 0.6 is 0 Å². The van der Waals surface area contributed by atoms with Gasteiger partial charge in [-0.15, -0.1) is 0 Å². The molecule has 0 aliphatic carbocycles. The maximum atomic E-state index is 12.9. The molecular formula is C31H28N6O5. The number of fused-ring (bicyclic) bond motifs is 1. The van der Waals surface area contributed by atoms with E-state index in [0.717, 1.165) is 22.2 Å². The van der Waals surface area contributed by atoms with Gasteiger partial charge in [0.1, 0.15) is 12.4 Å². The molecule has 2 aliphatic heterocycles. The molecule has 1 fully saturated rings. The van der Waals surface area contributed by atoms with Crippen LogP contribution in [-0.4, -0.2) is 39.9 Å². The summed E-state index contributed by atoms with van der Waals surface area (Å²) < 4.78 is 6.13. The summed E-state index contributed by atoms with van der Waals surface area (Å²) >= 11 is 0. The average Bonchev–Trinajstić information content (AvgIpc) is 3.56. The number of urea groups is 1. The Labute approximate surface area is 241 Å². The first-order valence-corrected chi connectivity index (χ1v) is 13.3. The van der Waals surface area contributed by atoms with Crippen LogP contribution in [0.5, 0.6) is 5.75 Å². The Morgan fingerprint density at radius 1 is 1.05 bits per heavy atom. The number of hydroxylamine groups is 1. The number of nitrogens with one attached hydrogen (secondary N) is 4. The quantitative estimate of drug-likeness (QED) is 0.239. The van der Waals surface area contributed by atoms with Gasteiger partial charge in [-0.2, -0.15) is 0 Å². The van der Waals surface area contributed by atoms with Crippen molar-refractivity contribution in [1.29, 1.82) is 0 Å². The van der Waals surface area contributed by atoms with Gasteiger partial charge >= 0.3 is 6.03 Å². The molecular weight excluding hydrogens is 536 g/mol. The highest BCUT2D eigenvalue weighted by Gasteiger charge is 2.50. The van der Waals surface area contributed by atoms with Crippen LogP contribution < -0.4 is 26.2 Å². The lowest BCUT2D eigenvalue weighted by Gasteiger charge is -2.26. The Balaban J connectivity index is 1.26. The molecule has 0 saturated carbocycles. The molecule has 4 N–H and O–H groups in total. The van der Waals surface area contributed by atoms with Crippen LogP contribution in [0.15, 0.2) is 90.9 Å². The molecule has 6 rings (SSSR count). The van der Waals surface area contributed by atoms with E-state index in [4.69, 9.17) is 9.57 Å². The van der Waals surface area contributed by atoms with E-state index in [0.29, 0.717) is 29.2 Å². The van der Waals surface area contributed by atoms with Crippen LogP contribution in [0.2, 0.25) is 0 Å². The van der Waals surface area contributed by atoms with Gasteiger partial charge in [-0.1, -0.05) is 30.3 Å². The summed E-state index contributed by atoms with van der Waals surface area (Å²) in [5.74, 6) is -0.202. The lowest BCUT2D eigenvalue weighted by molar-refractivity contribution is -0.123. The van der Waals surface area contributed by atoms with Gasteiger partial charge in [-0.25, -0.2) is 4.79 Å². The van der Waals surface area contributed by atoms with E-state index in [1.807, 2.05) is 61.5 Å². The third-order valence-electron chi connectivity index (χ3n) is 7.43. The maximum absolute atomic E-state index is 12.9. The summed E-state index contributed by atoms with van der Waals surface area (Å²) in [7, 11) is 0. The number of pyridine rings is 2. The fourth-order valence-electron chi connectivity index (χ4n) is 5.07. The molecule has 2 unspecified atom stereocenters. The minimum absolute atomic E-state index is 0.0266. The van der Waals surface area contributed by atoms with Gasteiger partial charge in [0.05, 0.1) is 17.8 Å². The lowest BCUT2D eigenvalue weighted by Crippen LogP contribution is -2.48. The molecule has 4 heterocycles. The number of carbonyl (C=O) groups excluding carboxylic acids is 3. The Morgan fingerprint density at radius 3 is 2.55 bits per heavy atom. The molecule has 42 heavy (non-hydrogen) atoms. The Hall–Kier alpha value is -5.29. The average molecular weight is 565 g/mol. The molecule has 4 aromatic rings. The molecule has 4 amide bonds. The highest BCUT2D eigenvalue weighted by atomic mass is 16.7. The minimum atomic E-state index is -1.37. The fourth-order valence-corrected chi connectivity index (χ4v) is 5.07. The van der Waals surface area contributed by atoms with Gasteiger partial charge in [0.25, 0.3) is 11.8 Å². The number of amides is 4. The molecule has 0 radical (unpaired) electrons. The SMILES string of the molecule is Cc1cc(COc2ccc(C3(CNC(=O)c4ccncc4)C=C(C4(C)NC(=O)NC4=O)NO3)cc2)c2ccccc2n1. The van der Waals surface area contributed by atoms with Crippen molar-refractivity contribution in [3.05, 3.63) is 113 Å². The van der Waals surface area contributed by atoms with Gasteiger partial charge < -0.3 is 15.4 Å². The summed E-state index contributed by atoms with van der Waals surface area (Å²) in [6.45, 7) is 3.91. The molecule has 0 bridgehead atoms. The fraction of sp³-hybridized carbons (Fsp3) is 0.194. The van der Waals surface area contributed by atoms with E-state index in [2.05, 4.69) is 31.4 Å². The van der Waals surface area contributed by atoms with E-state index >= 15 is 0 Å². The number of benzene rings is 2. The van der Waals surface area contributed by atoms with Gasteiger partial charge in [-0.05, 0) is 61.9 Å². The number of aromatic nitrogens is 2. The number of aryl methyl sites for hydroxylation is 1. The van der Waals surface area contributed by atoms with E-state index < -0.39 is 23.1 Å². The van der Waals surface area contributed by atoms with Crippen LogP contribution in [-0.2, 0) is 21.8 Å². The van der Waals surface area contributed by atoms with Gasteiger partial charge in [0.2, 0.25) is 0 Å². The van der Waals surface area contributed by atoms with Crippen molar-refractivity contribution in [1.82, 2.24) is 31.4 Å². The Morgan fingerprint density at radius 2 is 1.81 bits per heavy atom. The zero-order valence-electron chi connectivity index (χ0n) is 22.9. The van der Waals surface area contributed by atoms with Crippen molar-refractivity contribution in [2.45, 2.75) is 31.6 Å². The summed E-state index contributed by atoms with van der Waals surface area (Å²) in [5.41, 5.74) is 4.55. The first-order valence-electron chi connectivity index (χ1n) is 13.3. The Bertz CT molecular complexity index is 1730. The van der Waals surface area contributed by atoms with Crippen LogP contribution in [0.3, 0.4) is 0 Å². The second-order valence-electron chi connectivity index (χ2n) is 10.4. The molecule has 0 spiro atoms. The molecule has 11 heteroatoms. The normalized spacial score (nSPS) is 21.3. The number of imide groups is 1. The van der Waals surface area contributed by atoms with Crippen molar-refractivity contribution in [3.8, 4) is 5.75 Å². The summed E-state index contributed by atoms with van der Waals surface area (Å²) in [6, 6.07) is 19.9. The molecule has 11 nitrogen and oxygen atoms in total. The van der Waals surface area contributed by atoms with Crippen LogP contribution in [0.4, 0.5) is 4.79 Å². The second kappa shape index (κ2) is 10.6. The van der Waals surface area contributed by atoms with E-state index in [-0.39, 0.29) is 12.5 Å². The van der Waals surface area contributed by atoms with Crippen LogP contribution in [0.25, 0.3) is 10.9 Å². The minimum Gasteiger partial charge on any atom is -0.489 e. The summed E-state index contributed by atoms with van der Waals surface area (Å²) in [6.07, 6.45) is 4.77. The second-order valence-corrected chi connectivity index (χ2v) is 10.4.